The number of carbonyl (C=O) groups excluding carboxylic acids is 1. The Labute approximate surface area is 249 Å². The van der Waals surface area contributed by atoms with Crippen molar-refractivity contribution >= 4 is 58.2 Å². The molecule has 0 N–H and O–H groups in total. The Kier molecular flexibility index (Phi) is 8.47. The number of thiazole rings is 1. The van der Waals surface area contributed by atoms with Crippen LogP contribution in [0, 0.1) is 0 Å². The van der Waals surface area contributed by atoms with E-state index in [4.69, 9.17) is 44.3 Å². The van der Waals surface area contributed by atoms with E-state index in [1.165, 1.54) is 15.9 Å². The zero-order chi connectivity index (χ0) is 28.4. The van der Waals surface area contributed by atoms with Crippen molar-refractivity contribution in [3.8, 4) is 5.75 Å². The number of halogens is 3. The number of esters is 1. The zero-order valence-corrected chi connectivity index (χ0v) is 24.6. The quantitative estimate of drug-likeness (QED) is 0.228. The largest absolute Gasteiger partial charge is 0.488 e. The fourth-order valence-corrected chi connectivity index (χ4v) is 6.15. The van der Waals surface area contributed by atoms with E-state index in [-0.39, 0.29) is 24.3 Å². The minimum Gasteiger partial charge on any atom is -0.488 e. The van der Waals surface area contributed by atoms with Crippen LogP contribution in [0.4, 0.5) is 0 Å². The van der Waals surface area contributed by atoms with Gasteiger partial charge < -0.3 is 9.47 Å². The Hall–Kier alpha value is -3.36. The number of allylic oxidation sites excluding steroid dienone is 1. The Balaban J connectivity index is 1.63. The first-order valence-corrected chi connectivity index (χ1v) is 14.3. The number of hydrogen-bond donors (Lipinski definition) is 0. The Bertz CT molecular complexity index is 1830. The predicted octanol–water partition coefficient (Wildman–Crippen LogP) is 6.34. The molecule has 0 saturated heterocycles. The summed E-state index contributed by atoms with van der Waals surface area (Å²) in [5.41, 5.74) is 2.52. The van der Waals surface area contributed by atoms with Gasteiger partial charge in [-0.3, -0.25) is 9.36 Å². The first-order valence-electron chi connectivity index (χ1n) is 12.4. The second-order valence-corrected chi connectivity index (χ2v) is 11.2. The van der Waals surface area contributed by atoms with Crippen molar-refractivity contribution in [1.29, 1.82) is 0 Å². The van der Waals surface area contributed by atoms with Gasteiger partial charge in [0.1, 0.15) is 18.4 Å². The highest BCUT2D eigenvalue weighted by Gasteiger charge is 2.34. The molecule has 0 spiro atoms. The molecule has 0 saturated carbocycles. The Morgan fingerprint density at radius 3 is 2.58 bits per heavy atom. The minimum atomic E-state index is -0.802. The molecular formula is C30H23Cl3N2O4S. The van der Waals surface area contributed by atoms with Crippen LogP contribution in [0.3, 0.4) is 0 Å². The molecule has 40 heavy (non-hydrogen) atoms. The second-order valence-electron chi connectivity index (χ2n) is 8.92. The molecule has 204 valence electrons. The van der Waals surface area contributed by atoms with E-state index in [1.54, 1.807) is 62.4 Å². The van der Waals surface area contributed by atoms with Crippen molar-refractivity contribution in [2.75, 3.05) is 6.61 Å². The van der Waals surface area contributed by atoms with Gasteiger partial charge in [-0.25, -0.2) is 9.79 Å². The Morgan fingerprint density at radius 1 is 1.05 bits per heavy atom. The van der Waals surface area contributed by atoms with Crippen LogP contribution in [0.5, 0.6) is 5.75 Å². The van der Waals surface area contributed by atoms with Gasteiger partial charge in [-0.15, -0.1) is 0 Å². The minimum absolute atomic E-state index is 0.183. The van der Waals surface area contributed by atoms with Gasteiger partial charge in [0.2, 0.25) is 0 Å². The maximum atomic E-state index is 13.9. The number of nitrogens with zero attached hydrogens (tertiary/aromatic N) is 2. The van der Waals surface area contributed by atoms with Crippen LogP contribution < -0.4 is 19.6 Å². The monoisotopic (exact) mass is 612 g/mol. The average molecular weight is 614 g/mol. The molecular weight excluding hydrogens is 591 g/mol. The molecule has 1 aliphatic rings. The van der Waals surface area contributed by atoms with Crippen LogP contribution in [0.2, 0.25) is 15.1 Å². The summed E-state index contributed by atoms with van der Waals surface area (Å²) in [6.45, 7) is 3.91. The summed E-state index contributed by atoms with van der Waals surface area (Å²) in [6, 6.07) is 18.9. The number of hydrogen-bond acceptors (Lipinski definition) is 6. The van der Waals surface area contributed by atoms with Crippen LogP contribution in [0.1, 0.15) is 36.6 Å². The summed E-state index contributed by atoms with van der Waals surface area (Å²) in [7, 11) is 0. The lowest BCUT2D eigenvalue weighted by Gasteiger charge is -2.25. The van der Waals surface area contributed by atoms with Crippen molar-refractivity contribution in [1.82, 2.24) is 4.57 Å². The fourth-order valence-electron chi connectivity index (χ4n) is 4.48. The van der Waals surface area contributed by atoms with Crippen LogP contribution >= 0.6 is 46.1 Å². The molecule has 0 fully saturated rings. The highest BCUT2D eigenvalue weighted by molar-refractivity contribution is 7.07. The first kappa shape index (κ1) is 28.2. The highest BCUT2D eigenvalue weighted by atomic mass is 35.5. The molecule has 1 aliphatic heterocycles. The number of aromatic nitrogens is 1. The smallest absolute Gasteiger partial charge is 0.338 e. The molecule has 4 aromatic rings. The zero-order valence-electron chi connectivity index (χ0n) is 21.5. The topological polar surface area (TPSA) is 69.9 Å². The molecule has 2 heterocycles. The maximum Gasteiger partial charge on any atom is 0.338 e. The molecule has 0 bridgehead atoms. The second kappa shape index (κ2) is 12.0. The van der Waals surface area contributed by atoms with Gasteiger partial charge >= 0.3 is 5.97 Å². The van der Waals surface area contributed by atoms with Gasteiger partial charge in [0, 0.05) is 20.6 Å². The Morgan fingerprint density at radius 2 is 1.82 bits per heavy atom. The summed E-state index contributed by atoms with van der Waals surface area (Å²) >= 11 is 20.2. The standard InChI is InChI=1S/C30H23Cl3N2O4S/c1-3-38-29(37)26-17(2)34-30-35(27(26)22-9-4-5-10-23(22)33)28(36)25(40-30)15-19-14-21(32)11-12-24(19)39-16-18-7-6-8-20(31)13-18/h4-15,27H,3,16H2,1-2H3/b25-15-/t27-/m1/s1. The molecule has 0 aliphatic carbocycles. The van der Waals surface area contributed by atoms with E-state index < -0.39 is 12.0 Å². The van der Waals surface area contributed by atoms with E-state index in [9.17, 15) is 9.59 Å². The van der Waals surface area contributed by atoms with E-state index in [2.05, 4.69) is 4.99 Å². The van der Waals surface area contributed by atoms with Crippen LogP contribution in [-0.2, 0) is 16.1 Å². The lowest BCUT2D eigenvalue weighted by Crippen LogP contribution is -2.40. The van der Waals surface area contributed by atoms with Gasteiger partial charge in [0.05, 0.1) is 22.4 Å². The molecule has 5 rings (SSSR count). The van der Waals surface area contributed by atoms with Crippen molar-refractivity contribution in [2.45, 2.75) is 26.5 Å². The molecule has 3 aromatic carbocycles. The maximum absolute atomic E-state index is 13.9. The van der Waals surface area contributed by atoms with Crippen molar-refractivity contribution in [2.24, 2.45) is 4.99 Å². The number of ether oxygens (including phenoxy) is 2. The summed E-state index contributed by atoms with van der Waals surface area (Å²) in [4.78, 5) is 32.1. The average Bonchev–Trinajstić information content (AvgIpc) is 3.22. The first-order chi connectivity index (χ1) is 19.3. The van der Waals surface area contributed by atoms with Crippen LogP contribution in [0.25, 0.3) is 6.08 Å². The third-order valence-electron chi connectivity index (χ3n) is 6.26. The van der Waals surface area contributed by atoms with Crippen LogP contribution in [0.15, 0.2) is 87.8 Å². The lowest BCUT2D eigenvalue weighted by molar-refractivity contribution is -0.139. The molecule has 6 nitrogen and oxygen atoms in total. The molecule has 0 unspecified atom stereocenters. The molecule has 0 radical (unpaired) electrons. The SMILES string of the molecule is CCOC(=O)C1=C(C)N=c2s/c(=C\c3cc(Cl)ccc3OCc3cccc(Cl)c3)c(=O)n2[C@@H]1c1ccccc1Cl. The van der Waals surface area contributed by atoms with Gasteiger partial charge in [-0.1, -0.05) is 76.5 Å². The van der Waals surface area contributed by atoms with Gasteiger partial charge in [-0.2, -0.15) is 0 Å². The van der Waals surface area contributed by atoms with Crippen LogP contribution in [-0.4, -0.2) is 17.1 Å². The summed E-state index contributed by atoms with van der Waals surface area (Å²) in [6.07, 6.45) is 1.72. The summed E-state index contributed by atoms with van der Waals surface area (Å²) in [5.74, 6) is -0.00393. The van der Waals surface area contributed by atoms with E-state index in [0.717, 1.165) is 5.56 Å². The molecule has 0 amide bonds. The summed E-state index contributed by atoms with van der Waals surface area (Å²) < 4.78 is 13.3. The number of fused-ring (bicyclic) bond motifs is 1. The number of benzene rings is 3. The normalized spacial score (nSPS) is 15.0. The fraction of sp³-hybridized carbons (Fsp3) is 0.167. The number of carbonyl (C=O) groups is 1. The van der Waals surface area contributed by atoms with Crippen molar-refractivity contribution in [3.05, 3.63) is 129 Å². The van der Waals surface area contributed by atoms with E-state index in [1.807, 2.05) is 24.3 Å². The molecule has 1 atom stereocenters. The highest BCUT2D eigenvalue weighted by Crippen LogP contribution is 2.34. The third kappa shape index (κ3) is 5.74. The number of rotatable bonds is 7. The molecule has 10 heteroatoms. The van der Waals surface area contributed by atoms with E-state index in [0.29, 0.717) is 47.0 Å². The van der Waals surface area contributed by atoms with Gasteiger partial charge in [-0.05, 0) is 67.4 Å². The third-order valence-corrected chi connectivity index (χ3v) is 8.06. The van der Waals surface area contributed by atoms with Gasteiger partial charge in [0.15, 0.2) is 4.80 Å². The predicted molar refractivity (Wildman–Crippen MR) is 159 cm³/mol. The van der Waals surface area contributed by atoms with E-state index >= 15 is 0 Å². The molecule has 1 aromatic heterocycles. The van der Waals surface area contributed by atoms with Crippen molar-refractivity contribution in [3.63, 3.8) is 0 Å². The lowest BCUT2D eigenvalue weighted by atomic mass is 9.96. The van der Waals surface area contributed by atoms with Gasteiger partial charge in [0.25, 0.3) is 5.56 Å². The van der Waals surface area contributed by atoms with Crippen molar-refractivity contribution < 1.29 is 14.3 Å². The summed E-state index contributed by atoms with van der Waals surface area (Å²) in [5, 5.41) is 1.53.